The first-order valence-electron chi connectivity index (χ1n) is 10.1. The number of aryl methyl sites for hydroxylation is 1. The number of hydrogen-bond acceptors (Lipinski definition) is 6. The summed E-state index contributed by atoms with van der Waals surface area (Å²) in [6, 6.07) is 12.7. The van der Waals surface area contributed by atoms with Crippen molar-refractivity contribution in [1.82, 2.24) is 23.9 Å². The van der Waals surface area contributed by atoms with Crippen molar-refractivity contribution in [3.05, 3.63) is 60.2 Å². The first kappa shape index (κ1) is 19.8. The maximum atomic E-state index is 13.2. The highest BCUT2D eigenvalue weighted by Crippen LogP contribution is 2.25. The summed E-state index contributed by atoms with van der Waals surface area (Å²) in [6.07, 6.45) is 0.629. The van der Waals surface area contributed by atoms with Gasteiger partial charge in [0.1, 0.15) is 11.6 Å². The quantitative estimate of drug-likeness (QED) is 0.487. The molecule has 1 aliphatic rings. The Kier molecular flexibility index (Phi) is 4.82. The second-order valence-corrected chi connectivity index (χ2v) is 9.46. The van der Waals surface area contributed by atoms with E-state index in [2.05, 4.69) is 10.1 Å². The summed E-state index contributed by atoms with van der Waals surface area (Å²) >= 11 is 0. The summed E-state index contributed by atoms with van der Waals surface area (Å²) in [7, 11) is -3.70. The van der Waals surface area contributed by atoms with Gasteiger partial charge in [-0.1, -0.05) is 12.1 Å². The largest absolute Gasteiger partial charge is 0.339 e. The van der Waals surface area contributed by atoms with Crippen LogP contribution < -0.4 is 4.90 Å². The molecule has 1 aliphatic heterocycles. The molecule has 0 spiro atoms. The molecular formula is C21H21FN6O2S. The van der Waals surface area contributed by atoms with Crippen molar-refractivity contribution < 1.29 is 12.8 Å². The van der Waals surface area contributed by atoms with Crippen LogP contribution in [0.4, 0.5) is 10.3 Å². The lowest BCUT2D eigenvalue weighted by Gasteiger charge is -2.23. The SMILES string of the molecule is Cc1nc2c3ccccc3nc(N3CCCN(S(=O)(=O)c4ccc(F)cc4)CC3)n2n1. The van der Waals surface area contributed by atoms with E-state index in [4.69, 9.17) is 4.98 Å². The van der Waals surface area contributed by atoms with Crippen molar-refractivity contribution in [1.29, 1.82) is 0 Å². The minimum Gasteiger partial charge on any atom is -0.339 e. The molecule has 10 heteroatoms. The molecule has 3 heterocycles. The lowest BCUT2D eigenvalue weighted by molar-refractivity contribution is 0.433. The Labute approximate surface area is 179 Å². The van der Waals surface area contributed by atoms with E-state index >= 15 is 0 Å². The molecule has 2 aromatic heterocycles. The van der Waals surface area contributed by atoms with Gasteiger partial charge in [-0.15, -0.1) is 5.10 Å². The summed E-state index contributed by atoms with van der Waals surface area (Å²) in [4.78, 5) is 11.5. The standard InChI is InChI=1S/C21H21FN6O2S/c1-15-23-20-18-5-2-3-6-19(18)24-21(28(20)25-15)26-11-4-12-27(14-13-26)31(29,30)17-9-7-16(22)8-10-17/h2-3,5-10H,4,11-14H2,1H3. The molecule has 1 fully saturated rings. The fourth-order valence-electron chi connectivity index (χ4n) is 3.94. The minimum absolute atomic E-state index is 0.0977. The number of hydrogen-bond donors (Lipinski definition) is 0. The molecule has 0 saturated carbocycles. The van der Waals surface area contributed by atoms with Crippen LogP contribution in [0.2, 0.25) is 0 Å². The summed E-state index contributed by atoms with van der Waals surface area (Å²) in [5.41, 5.74) is 1.55. The molecule has 8 nitrogen and oxygen atoms in total. The van der Waals surface area contributed by atoms with Gasteiger partial charge in [0.05, 0.1) is 10.4 Å². The number of benzene rings is 2. The second-order valence-electron chi connectivity index (χ2n) is 7.52. The van der Waals surface area contributed by atoms with E-state index in [1.54, 1.807) is 4.52 Å². The maximum Gasteiger partial charge on any atom is 0.243 e. The number of para-hydroxylation sites is 1. The molecule has 0 aliphatic carbocycles. The fourth-order valence-corrected chi connectivity index (χ4v) is 5.41. The van der Waals surface area contributed by atoms with Crippen molar-refractivity contribution in [3.63, 3.8) is 0 Å². The Morgan fingerprint density at radius 1 is 0.935 bits per heavy atom. The zero-order chi connectivity index (χ0) is 21.6. The Bertz CT molecular complexity index is 1370. The normalized spacial score (nSPS) is 16.1. The lowest BCUT2D eigenvalue weighted by Crippen LogP contribution is -2.36. The van der Waals surface area contributed by atoms with Crippen LogP contribution in [0.1, 0.15) is 12.2 Å². The topological polar surface area (TPSA) is 83.7 Å². The molecule has 160 valence electrons. The molecule has 0 unspecified atom stereocenters. The summed E-state index contributed by atoms with van der Waals surface area (Å²) in [6.45, 7) is 3.60. The highest BCUT2D eigenvalue weighted by molar-refractivity contribution is 7.89. The third-order valence-electron chi connectivity index (χ3n) is 5.46. The van der Waals surface area contributed by atoms with Crippen LogP contribution in [0, 0.1) is 12.7 Å². The van der Waals surface area contributed by atoms with Crippen LogP contribution >= 0.6 is 0 Å². The van der Waals surface area contributed by atoms with Gasteiger partial charge >= 0.3 is 0 Å². The fraction of sp³-hybridized carbons (Fsp3) is 0.286. The molecular weight excluding hydrogens is 419 g/mol. The molecule has 4 aromatic rings. The van der Waals surface area contributed by atoms with Gasteiger partial charge in [0, 0.05) is 31.6 Å². The smallest absolute Gasteiger partial charge is 0.243 e. The average molecular weight is 441 g/mol. The number of aromatic nitrogens is 4. The first-order valence-corrected chi connectivity index (χ1v) is 11.5. The summed E-state index contributed by atoms with van der Waals surface area (Å²) < 4.78 is 42.5. The molecule has 0 N–H and O–H groups in total. The van der Waals surface area contributed by atoms with Crippen molar-refractivity contribution >= 4 is 32.5 Å². The zero-order valence-corrected chi connectivity index (χ0v) is 17.8. The highest BCUT2D eigenvalue weighted by atomic mass is 32.2. The minimum atomic E-state index is -3.70. The van der Waals surface area contributed by atoms with Gasteiger partial charge in [0.25, 0.3) is 0 Å². The Hall–Kier alpha value is -3.11. The van der Waals surface area contributed by atoms with E-state index in [0.717, 1.165) is 16.6 Å². The molecule has 5 rings (SSSR count). The van der Waals surface area contributed by atoms with E-state index in [-0.39, 0.29) is 4.90 Å². The van der Waals surface area contributed by atoms with Crippen molar-refractivity contribution in [2.75, 3.05) is 31.1 Å². The van der Waals surface area contributed by atoms with E-state index < -0.39 is 15.8 Å². The van der Waals surface area contributed by atoms with Gasteiger partial charge in [-0.2, -0.15) is 8.82 Å². The number of nitrogens with zero attached hydrogens (tertiary/aromatic N) is 6. The third kappa shape index (κ3) is 3.51. The summed E-state index contributed by atoms with van der Waals surface area (Å²) in [5.74, 6) is 0.834. The molecule has 0 atom stereocenters. The van der Waals surface area contributed by atoms with Crippen LogP contribution in [-0.4, -0.2) is 58.5 Å². The van der Waals surface area contributed by atoms with E-state index in [1.165, 1.54) is 28.6 Å². The predicted octanol–water partition coefficient (Wildman–Crippen LogP) is 2.63. The van der Waals surface area contributed by atoms with Crippen LogP contribution in [0.5, 0.6) is 0 Å². The van der Waals surface area contributed by atoms with Crippen molar-refractivity contribution in [2.45, 2.75) is 18.2 Å². The highest BCUT2D eigenvalue weighted by Gasteiger charge is 2.28. The van der Waals surface area contributed by atoms with Gasteiger partial charge in [-0.05, 0) is 49.7 Å². The molecule has 31 heavy (non-hydrogen) atoms. The molecule has 1 saturated heterocycles. The molecule has 0 radical (unpaired) electrons. The molecule has 0 amide bonds. The Balaban J connectivity index is 1.48. The van der Waals surface area contributed by atoms with Gasteiger partial charge < -0.3 is 4.90 Å². The van der Waals surface area contributed by atoms with E-state index in [1.807, 2.05) is 36.1 Å². The zero-order valence-electron chi connectivity index (χ0n) is 16.9. The van der Waals surface area contributed by atoms with Crippen LogP contribution in [-0.2, 0) is 10.0 Å². The van der Waals surface area contributed by atoms with Crippen molar-refractivity contribution in [3.8, 4) is 0 Å². The second kappa shape index (κ2) is 7.54. The molecule has 0 bridgehead atoms. The van der Waals surface area contributed by atoms with Crippen LogP contribution in [0.15, 0.2) is 53.4 Å². The lowest BCUT2D eigenvalue weighted by atomic mass is 10.2. The van der Waals surface area contributed by atoms with Crippen molar-refractivity contribution in [2.24, 2.45) is 0 Å². The maximum absolute atomic E-state index is 13.2. The average Bonchev–Trinajstić information content (AvgIpc) is 2.99. The van der Waals surface area contributed by atoms with Crippen LogP contribution in [0.3, 0.4) is 0 Å². The molecule has 2 aromatic carbocycles. The van der Waals surface area contributed by atoms with E-state index in [0.29, 0.717) is 44.4 Å². The van der Waals surface area contributed by atoms with Gasteiger partial charge in [0.2, 0.25) is 16.0 Å². The first-order chi connectivity index (χ1) is 14.9. The van der Waals surface area contributed by atoms with E-state index in [9.17, 15) is 12.8 Å². The number of fused-ring (bicyclic) bond motifs is 3. The monoisotopic (exact) mass is 440 g/mol. The Morgan fingerprint density at radius 2 is 1.71 bits per heavy atom. The number of sulfonamides is 1. The van der Waals surface area contributed by atoms with Gasteiger partial charge in [-0.3, -0.25) is 0 Å². The van der Waals surface area contributed by atoms with Crippen LogP contribution in [0.25, 0.3) is 16.6 Å². The van der Waals surface area contributed by atoms with Gasteiger partial charge in [-0.25, -0.2) is 22.8 Å². The van der Waals surface area contributed by atoms with Gasteiger partial charge in [0.15, 0.2) is 5.65 Å². The third-order valence-corrected chi connectivity index (χ3v) is 7.37. The number of anilines is 1. The number of rotatable bonds is 3. The summed E-state index contributed by atoms with van der Waals surface area (Å²) in [5, 5.41) is 5.45. The predicted molar refractivity (Wildman–Crippen MR) is 115 cm³/mol. The Morgan fingerprint density at radius 3 is 2.52 bits per heavy atom. The number of halogens is 1.